The number of benzene rings is 2. The van der Waals surface area contributed by atoms with Crippen LogP contribution in [0.1, 0.15) is 55.4 Å². The Morgan fingerprint density at radius 2 is 1.83 bits per heavy atom. The summed E-state index contributed by atoms with van der Waals surface area (Å²) in [6, 6.07) is 15.1. The number of aromatic nitrogens is 1. The molecule has 0 unspecified atom stereocenters. The van der Waals surface area contributed by atoms with Crippen LogP contribution in [0.25, 0.3) is 11.8 Å². The van der Waals surface area contributed by atoms with E-state index in [0.717, 1.165) is 48.4 Å². The largest absolute Gasteiger partial charge is 0.494 e. The summed E-state index contributed by atoms with van der Waals surface area (Å²) in [5.74, 6) is 0.854. The van der Waals surface area contributed by atoms with Crippen LogP contribution in [-0.2, 0) is 12.8 Å². The van der Waals surface area contributed by atoms with Crippen LogP contribution in [0.4, 0.5) is 0 Å². The molecule has 1 aromatic heterocycles. The third-order valence-corrected chi connectivity index (χ3v) is 7.32. The Hall–Kier alpha value is -2.72. The van der Waals surface area contributed by atoms with E-state index in [0.29, 0.717) is 12.8 Å². The van der Waals surface area contributed by atoms with Gasteiger partial charge >= 0.3 is 0 Å². The minimum absolute atomic E-state index is 0.444. The smallest absolute Gasteiger partial charge is 0.164 e. The van der Waals surface area contributed by atoms with Gasteiger partial charge in [-0.25, -0.2) is 0 Å². The molecule has 3 aromatic rings. The highest BCUT2D eigenvalue weighted by molar-refractivity contribution is 7.45. The first-order valence-electron chi connectivity index (χ1n) is 12.7. The number of unbranched alkanes of at least 4 members (excludes halogenated alkanes) is 1. The molecule has 3 rings (SSSR count). The van der Waals surface area contributed by atoms with Crippen molar-refractivity contribution in [3.63, 3.8) is 0 Å². The van der Waals surface area contributed by atoms with Gasteiger partial charge in [0.2, 0.25) is 0 Å². The van der Waals surface area contributed by atoms with Gasteiger partial charge in [-0.15, -0.1) is 0 Å². The van der Waals surface area contributed by atoms with Gasteiger partial charge in [0.25, 0.3) is 0 Å². The standard InChI is InChI=1S/C30H39N2O3P/c1-5-22(3)28-16-21(2)8-13-27(28)29-18-24(20-32-30(29)19-31)9-10-25-11-12-26(17-23(25)4)35-14-6-7-15-36(33)34/h8,11-13,16-20,33-34H,5-7,9-10,14-15,31H2,1-4H3/b28-22+,29-27-,30-19-. The number of ether oxygens (including phenoxy) is 1. The fraction of sp³-hybridized carbons (Fsp3) is 0.367. The van der Waals surface area contributed by atoms with Gasteiger partial charge in [-0.05, 0) is 98.2 Å². The minimum atomic E-state index is -1.80. The van der Waals surface area contributed by atoms with Crippen LogP contribution >= 0.6 is 8.38 Å². The van der Waals surface area contributed by atoms with E-state index in [-0.39, 0.29) is 0 Å². The van der Waals surface area contributed by atoms with Crippen LogP contribution in [0, 0.1) is 24.3 Å². The molecule has 0 saturated heterocycles. The summed E-state index contributed by atoms with van der Waals surface area (Å²) < 4.78 is 5.84. The number of nitrogens with zero attached hydrogens (tertiary/aromatic N) is 1. The summed E-state index contributed by atoms with van der Waals surface area (Å²) in [6.45, 7) is 9.20. The topological polar surface area (TPSA) is 88.6 Å². The van der Waals surface area contributed by atoms with E-state index in [2.05, 4.69) is 64.1 Å². The number of hydrogen-bond donors (Lipinski definition) is 3. The van der Waals surface area contributed by atoms with Gasteiger partial charge in [0, 0.05) is 23.8 Å². The molecule has 4 N–H and O–H groups in total. The predicted molar refractivity (Wildman–Crippen MR) is 150 cm³/mol. The highest BCUT2D eigenvalue weighted by atomic mass is 31.2. The number of aryl methyl sites for hydroxylation is 4. The lowest BCUT2D eigenvalue weighted by atomic mass is 10.00. The van der Waals surface area contributed by atoms with Gasteiger partial charge in [-0.1, -0.05) is 42.3 Å². The summed E-state index contributed by atoms with van der Waals surface area (Å²) in [7, 11) is -1.80. The molecule has 0 aliphatic rings. The second-order valence-corrected chi connectivity index (χ2v) is 10.6. The van der Waals surface area contributed by atoms with E-state index in [9.17, 15) is 0 Å². The molecule has 0 radical (unpaired) electrons. The van der Waals surface area contributed by atoms with Gasteiger partial charge in [-0.3, -0.25) is 4.98 Å². The molecule has 36 heavy (non-hydrogen) atoms. The molecule has 0 fully saturated rings. The summed E-state index contributed by atoms with van der Waals surface area (Å²) >= 11 is 0. The summed E-state index contributed by atoms with van der Waals surface area (Å²) in [4.78, 5) is 22.7. The summed E-state index contributed by atoms with van der Waals surface area (Å²) in [6.07, 6.45) is 8.34. The highest BCUT2D eigenvalue weighted by Crippen LogP contribution is 2.24. The van der Waals surface area contributed by atoms with Gasteiger partial charge in [0.1, 0.15) is 5.75 Å². The fourth-order valence-corrected chi connectivity index (χ4v) is 4.81. The van der Waals surface area contributed by atoms with Crippen molar-refractivity contribution in [2.24, 2.45) is 5.73 Å². The molecule has 2 aromatic carbocycles. The molecular formula is C30H39N2O3P. The molecule has 0 bridgehead atoms. The molecule has 0 amide bonds. The normalized spacial score (nSPS) is 13.8. The van der Waals surface area contributed by atoms with Crippen molar-refractivity contribution in [3.05, 3.63) is 91.9 Å². The molecule has 0 aliphatic carbocycles. The van der Waals surface area contributed by atoms with Crippen LogP contribution in [-0.4, -0.2) is 27.5 Å². The Kier molecular flexibility index (Phi) is 10.5. The predicted octanol–water partition coefficient (Wildman–Crippen LogP) is 4.50. The lowest BCUT2D eigenvalue weighted by Crippen LogP contribution is -2.17. The Morgan fingerprint density at radius 3 is 2.53 bits per heavy atom. The maximum absolute atomic E-state index is 8.99. The minimum Gasteiger partial charge on any atom is -0.494 e. The zero-order chi connectivity index (χ0) is 26.1. The van der Waals surface area contributed by atoms with Crippen molar-refractivity contribution < 1.29 is 14.5 Å². The van der Waals surface area contributed by atoms with E-state index < -0.39 is 8.38 Å². The van der Waals surface area contributed by atoms with Crippen molar-refractivity contribution in [1.82, 2.24) is 4.98 Å². The van der Waals surface area contributed by atoms with Gasteiger partial charge in [0.15, 0.2) is 8.38 Å². The maximum Gasteiger partial charge on any atom is 0.164 e. The first kappa shape index (κ1) is 27.9. The number of pyridine rings is 1. The molecule has 6 heteroatoms. The monoisotopic (exact) mass is 506 g/mol. The van der Waals surface area contributed by atoms with Crippen molar-refractivity contribution in [2.45, 2.75) is 59.8 Å². The number of nitrogens with two attached hydrogens (primary N) is 1. The number of hydrogen-bond acceptors (Lipinski definition) is 5. The Labute approximate surface area is 215 Å². The summed E-state index contributed by atoms with van der Waals surface area (Å²) in [5.41, 5.74) is 12.2. The van der Waals surface area contributed by atoms with Gasteiger partial charge in [0.05, 0.1) is 12.0 Å². The molecule has 192 valence electrons. The Morgan fingerprint density at radius 1 is 1.03 bits per heavy atom. The van der Waals surface area contributed by atoms with Crippen LogP contribution in [0.3, 0.4) is 0 Å². The van der Waals surface area contributed by atoms with E-state index in [1.165, 1.54) is 38.3 Å². The van der Waals surface area contributed by atoms with Crippen molar-refractivity contribution >= 4 is 20.1 Å². The highest BCUT2D eigenvalue weighted by Gasteiger charge is 2.05. The van der Waals surface area contributed by atoms with Crippen LogP contribution in [0.15, 0.2) is 48.7 Å². The van der Waals surface area contributed by atoms with E-state index in [1.54, 1.807) is 6.20 Å². The average molecular weight is 507 g/mol. The maximum atomic E-state index is 8.99. The van der Waals surface area contributed by atoms with Crippen LogP contribution in [0.2, 0.25) is 0 Å². The molecule has 0 aliphatic heterocycles. The van der Waals surface area contributed by atoms with E-state index in [1.807, 2.05) is 12.3 Å². The third-order valence-electron chi connectivity index (χ3n) is 6.61. The molecule has 1 heterocycles. The quantitative estimate of drug-likeness (QED) is 0.278. The first-order valence-corrected chi connectivity index (χ1v) is 14.1. The number of rotatable bonds is 10. The fourth-order valence-electron chi connectivity index (χ4n) is 4.30. The van der Waals surface area contributed by atoms with Crippen LogP contribution < -0.4 is 21.0 Å². The molecular weight excluding hydrogens is 467 g/mol. The Balaban J connectivity index is 1.82. The second-order valence-electron chi connectivity index (χ2n) is 9.37. The summed E-state index contributed by atoms with van der Waals surface area (Å²) in [5, 5.41) is 4.33. The lowest BCUT2D eigenvalue weighted by Gasteiger charge is -2.11. The molecule has 5 nitrogen and oxygen atoms in total. The molecule has 0 spiro atoms. The van der Waals surface area contributed by atoms with Crippen LogP contribution in [0.5, 0.6) is 5.75 Å². The zero-order valence-electron chi connectivity index (χ0n) is 21.9. The first-order chi connectivity index (χ1) is 17.3. The molecule has 0 atom stereocenters. The van der Waals surface area contributed by atoms with Crippen molar-refractivity contribution in [3.8, 4) is 5.75 Å². The third kappa shape index (κ3) is 7.64. The Bertz CT molecular complexity index is 1390. The second kappa shape index (κ2) is 13.5. The van der Waals surface area contributed by atoms with E-state index in [4.69, 9.17) is 25.2 Å². The van der Waals surface area contributed by atoms with Gasteiger partial charge < -0.3 is 20.3 Å². The SMILES string of the molecule is CC\C(C)=c1/cc(C)cc/c1=c1\cc(CCc2ccc(OCCCCP(O)O)cc2C)cn\c1=C/N. The van der Waals surface area contributed by atoms with Crippen molar-refractivity contribution in [2.75, 3.05) is 12.8 Å². The van der Waals surface area contributed by atoms with Gasteiger partial charge in [-0.2, -0.15) is 0 Å². The molecule has 0 saturated carbocycles. The average Bonchev–Trinajstić information content (AvgIpc) is 2.87. The zero-order valence-corrected chi connectivity index (χ0v) is 22.8. The van der Waals surface area contributed by atoms with Crippen molar-refractivity contribution in [1.29, 1.82) is 0 Å². The lowest BCUT2D eigenvalue weighted by molar-refractivity contribution is 0.308. The van der Waals surface area contributed by atoms with E-state index >= 15 is 0 Å².